The van der Waals surface area contributed by atoms with Crippen LogP contribution in [0.2, 0.25) is 0 Å². The van der Waals surface area contributed by atoms with Gasteiger partial charge in [0.15, 0.2) is 10.5 Å². The van der Waals surface area contributed by atoms with Gasteiger partial charge in [-0.3, -0.25) is 4.90 Å². The molecule has 4 aromatic rings. The van der Waals surface area contributed by atoms with Crippen molar-refractivity contribution in [2.75, 3.05) is 19.7 Å². The van der Waals surface area contributed by atoms with Gasteiger partial charge in [-0.2, -0.15) is 5.26 Å². The highest BCUT2D eigenvalue weighted by Gasteiger charge is 2.65. The van der Waals surface area contributed by atoms with Crippen LogP contribution in [-0.4, -0.2) is 61.3 Å². The number of ether oxygens (including phenoxy) is 2. The standard InChI is InChI=1S/C30H29FN6O4S/c1-17-21-14-36(15-24-34-27-26(35-28(42-27)29(38)39)37(24)13-20-7-10-40-20)9-8-30(17,21)23-3-2-4-25(33-23)41-16-19-6-5-18(12-32)11-22(19)31/h2-6,11,17,20-21H,7-10,13-16H2,1H3,(H,38,39)/t17-,20-,21+,30+/m0/s1. The first-order valence-electron chi connectivity index (χ1n) is 14.1. The molecule has 3 aliphatic rings. The van der Waals surface area contributed by atoms with Gasteiger partial charge in [-0.1, -0.05) is 30.4 Å². The van der Waals surface area contributed by atoms with E-state index in [0.717, 1.165) is 55.4 Å². The predicted octanol–water partition coefficient (Wildman–Crippen LogP) is 4.37. The number of hydrogen-bond donors (Lipinski definition) is 1. The zero-order chi connectivity index (χ0) is 29.0. The van der Waals surface area contributed by atoms with Crippen LogP contribution >= 0.6 is 11.3 Å². The van der Waals surface area contributed by atoms with E-state index in [9.17, 15) is 14.3 Å². The Balaban J connectivity index is 1.05. The first-order valence-corrected chi connectivity index (χ1v) is 14.9. The van der Waals surface area contributed by atoms with E-state index in [1.165, 1.54) is 6.07 Å². The van der Waals surface area contributed by atoms with Gasteiger partial charge < -0.3 is 19.1 Å². The third-order valence-corrected chi connectivity index (χ3v) is 10.1. The van der Waals surface area contributed by atoms with E-state index in [1.54, 1.807) is 18.2 Å². The molecule has 1 aromatic carbocycles. The maximum Gasteiger partial charge on any atom is 0.365 e. The van der Waals surface area contributed by atoms with Crippen molar-refractivity contribution in [3.05, 3.63) is 69.9 Å². The monoisotopic (exact) mass is 588 g/mol. The zero-order valence-corrected chi connectivity index (χ0v) is 23.8. The summed E-state index contributed by atoms with van der Waals surface area (Å²) in [5.41, 5.74) is 2.25. The fraction of sp³-hybridized carbons (Fsp3) is 0.433. The van der Waals surface area contributed by atoms with Crippen molar-refractivity contribution < 1.29 is 23.8 Å². The number of aromatic carboxylic acids is 1. The number of nitriles is 1. The summed E-state index contributed by atoms with van der Waals surface area (Å²) in [5, 5.41) is 18.4. The summed E-state index contributed by atoms with van der Waals surface area (Å²) in [5.74, 6) is 0.727. The molecule has 7 rings (SSSR count). The Bertz CT molecular complexity index is 1730. The van der Waals surface area contributed by atoms with Gasteiger partial charge in [-0.15, -0.1) is 0 Å². The van der Waals surface area contributed by atoms with Gasteiger partial charge in [0.25, 0.3) is 0 Å². The minimum absolute atomic E-state index is 0.0248. The number of thiazole rings is 1. The SMILES string of the molecule is C[C@H]1[C@H]2CN(Cc3nc4sc(C(=O)O)nc4n3C[C@@H]3CCO3)CC[C@]21c1cccc(OCc2ccc(C#N)cc2F)n1. The van der Waals surface area contributed by atoms with Crippen LogP contribution < -0.4 is 4.74 Å². The molecule has 5 heterocycles. The Morgan fingerprint density at radius 2 is 2.17 bits per heavy atom. The number of nitrogens with zero attached hydrogens (tertiary/aromatic N) is 6. The van der Waals surface area contributed by atoms with Crippen LogP contribution in [0.15, 0.2) is 36.4 Å². The average Bonchev–Trinajstić information content (AvgIpc) is 3.21. The molecule has 1 saturated carbocycles. The van der Waals surface area contributed by atoms with E-state index in [-0.39, 0.29) is 28.7 Å². The fourth-order valence-electron chi connectivity index (χ4n) is 6.60. The molecule has 4 atom stereocenters. The van der Waals surface area contributed by atoms with Crippen LogP contribution in [0.4, 0.5) is 4.39 Å². The summed E-state index contributed by atoms with van der Waals surface area (Å²) in [4.78, 5) is 28.6. The molecular formula is C30H29FN6O4S. The Morgan fingerprint density at radius 3 is 2.88 bits per heavy atom. The molecule has 0 spiro atoms. The maximum atomic E-state index is 14.3. The Hall–Kier alpha value is -3.92. The number of likely N-dealkylation sites (tertiary alicyclic amines) is 1. The molecule has 3 aromatic heterocycles. The lowest BCUT2D eigenvalue weighted by Crippen LogP contribution is -2.37. The second-order valence-corrected chi connectivity index (χ2v) is 12.3. The van der Waals surface area contributed by atoms with Crippen molar-refractivity contribution in [1.29, 1.82) is 5.26 Å². The molecule has 2 aliphatic heterocycles. The predicted molar refractivity (Wildman–Crippen MR) is 151 cm³/mol. The van der Waals surface area contributed by atoms with Crippen molar-refractivity contribution in [3.63, 3.8) is 0 Å². The van der Waals surface area contributed by atoms with Gasteiger partial charge in [-0.25, -0.2) is 24.1 Å². The molecule has 12 heteroatoms. The number of aromatic nitrogens is 4. The highest BCUT2D eigenvalue weighted by molar-refractivity contribution is 7.19. The molecule has 42 heavy (non-hydrogen) atoms. The highest BCUT2D eigenvalue weighted by atomic mass is 32.1. The van der Waals surface area contributed by atoms with E-state index in [2.05, 4.69) is 22.9 Å². The van der Waals surface area contributed by atoms with Crippen molar-refractivity contribution in [1.82, 2.24) is 24.4 Å². The second-order valence-electron chi connectivity index (χ2n) is 11.4. The Morgan fingerprint density at radius 1 is 1.31 bits per heavy atom. The lowest BCUT2D eigenvalue weighted by Gasteiger charge is -2.32. The van der Waals surface area contributed by atoms with Gasteiger partial charge in [0.05, 0.1) is 36.5 Å². The number of hydrogen-bond acceptors (Lipinski definition) is 9. The third-order valence-electron chi connectivity index (χ3n) is 9.14. The molecule has 1 N–H and O–H groups in total. The molecule has 0 radical (unpaired) electrons. The molecule has 10 nitrogen and oxygen atoms in total. The summed E-state index contributed by atoms with van der Waals surface area (Å²) < 4.78 is 27.9. The molecule has 2 saturated heterocycles. The number of halogens is 1. The lowest BCUT2D eigenvalue weighted by atomic mass is 9.90. The lowest BCUT2D eigenvalue weighted by molar-refractivity contribution is -0.0593. The van der Waals surface area contributed by atoms with E-state index >= 15 is 0 Å². The average molecular weight is 589 g/mol. The molecule has 216 valence electrons. The Labute approximate surface area is 245 Å². The maximum absolute atomic E-state index is 14.3. The van der Waals surface area contributed by atoms with Gasteiger partial charge >= 0.3 is 5.97 Å². The molecule has 0 unspecified atom stereocenters. The normalized spacial score (nSPS) is 25.0. The number of imidazole rings is 1. The van der Waals surface area contributed by atoms with Crippen LogP contribution in [0, 0.1) is 29.0 Å². The van der Waals surface area contributed by atoms with E-state index in [4.69, 9.17) is 24.7 Å². The van der Waals surface area contributed by atoms with Crippen molar-refractivity contribution in [3.8, 4) is 11.9 Å². The summed E-state index contributed by atoms with van der Waals surface area (Å²) in [6, 6.07) is 12.1. The first kappa shape index (κ1) is 26.9. The quantitative estimate of drug-likeness (QED) is 0.303. The summed E-state index contributed by atoms with van der Waals surface area (Å²) >= 11 is 1.11. The smallest absolute Gasteiger partial charge is 0.365 e. The van der Waals surface area contributed by atoms with Crippen LogP contribution in [0.1, 0.15) is 52.2 Å². The van der Waals surface area contributed by atoms with Crippen LogP contribution in [0.5, 0.6) is 5.88 Å². The first-order chi connectivity index (χ1) is 20.4. The van der Waals surface area contributed by atoms with Crippen molar-refractivity contribution in [2.24, 2.45) is 11.8 Å². The van der Waals surface area contributed by atoms with Crippen LogP contribution in [0.25, 0.3) is 10.5 Å². The number of rotatable bonds is 9. The molecular weight excluding hydrogens is 559 g/mol. The third kappa shape index (κ3) is 4.62. The molecule has 1 aliphatic carbocycles. The largest absolute Gasteiger partial charge is 0.476 e. The van der Waals surface area contributed by atoms with Gasteiger partial charge in [-0.05, 0) is 49.4 Å². The van der Waals surface area contributed by atoms with Gasteiger partial charge in [0.2, 0.25) is 10.9 Å². The second kappa shape index (κ2) is 10.4. The number of carbonyl (C=O) groups is 1. The molecule has 3 fully saturated rings. The number of benzene rings is 1. The number of pyridine rings is 1. The van der Waals surface area contributed by atoms with E-state index in [1.807, 2.05) is 16.7 Å². The van der Waals surface area contributed by atoms with Crippen LogP contribution in [-0.2, 0) is 29.8 Å². The number of carboxylic acid groups (broad SMARTS) is 1. The topological polar surface area (TPSA) is 126 Å². The summed E-state index contributed by atoms with van der Waals surface area (Å²) in [7, 11) is 0. The van der Waals surface area contributed by atoms with Gasteiger partial charge in [0.1, 0.15) is 18.2 Å². The summed E-state index contributed by atoms with van der Waals surface area (Å²) in [6.45, 7) is 6.11. The fourth-order valence-corrected chi connectivity index (χ4v) is 7.40. The zero-order valence-electron chi connectivity index (χ0n) is 23.0. The Kier molecular flexibility index (Phi) is 6.68. The molecule has 0 amide bonds. The van der Waals surface area contributed by atoms with Crippen molar-refractivity contribution in [2.45, 2.75) is 51.0 Å². The minimum Gasteiger partial charge on any atom is -0.476 e. The minimum atomic E-state index is -1.04. The van der Waals surface area contributed by atoms with Gasteiger partial charge in [0, 0.05) is 30.2 Å². The highest BCUT2D eigenvalue weighted by Crippen LogP contribution is 2.63. The number of carboxylic acids is 1. The number of piperidine rings is 1. The van der Waals surface area contributed by atoms with E-state index < -0.39 is 11.8 Å². The van der Waals surface area contributed by atoms with E-state index in [0.29, 0.717) is 46.8 Å². The number of fused-ring (bicyclic) bond motifs is 2. The molecule has 0 bridgehead atoms. The summed E-state index contributed by atoms with van der Waals surface area (Å²) in [6.07, 6.45) is 2.02. The van der Waals surface area contributed by atoms with Crippen molar-refractivity contribution >= 4 is 27.8 Å². The van der Waals surface area contributed by atoms with Crippen LogP contribution in [0.3, 0.4) is 0 Å².